The van der Waals surface area contributed by atoms with E-state index in [9.17, 15) is 45.1 Å². The van der Waals surface area contributed by atoms with Crippen molar-refractivity contribution in [3.8, 4) is 39.3 Å². The summed E-state index contributed by atoms with van der Waals surface area (Å²) >= 11 is 0. The number of allylic oxidation sites excluding steroid dienone is 2. The lowest BCUT2D eigenvalue weighted by molar-refractivity contribution is -0.115. The molecule has 3 saturated carbocycles. The van der Waals surface area contributed by atoms with Crippen LogP contribution in [0.25, 0.3) is 33.4 Å². The van der Waals surface area contributed by atoms with Gasteiger partial charge >= 0.3 is 12.4 Å². The third-order valence-electron chi connectivity index (χ3n) is 22.9. The molecule has 118 heavy (non-hydrogen) atoms. The first-order valence-electron chi connectivity index (χ1n) is 40.4. The number of nitrogens with one attached hydrogen (secondary N) is 7. The molecule has 7 aromatic rings. The molecule has 0 radical (unpaired) electrons. The molecule has 18 nitrogen and oxygen atoms in total. The predicted molar refractivity (Wildman–Crippen MR) is 449 cm³/mol. The molecule has 6 aromatic carbocycles. The minimum atomic E-state index is -4.76. The Hall–Kier alpha value is -10.7. The number of ether oxygens (including phenoxy) is 1. The summed E-state index contributed by atoms with van der Waals surface area (Å²) in [5.41, 5.74) is 9.13. The van der Waals surface area contributed by atoms with Gasteiger partial charge in [0.15, 0.2) is 0 Å². The molecule has 15 rings (SSSR count). The Labute approximate surface area is 684 Å². The van der Waals surface area contributed by atoms with Crippen molar-refractivity contribution in [1.82, 2.24) is 41.0 Å². The first-order valence-corrected chi connectivity index (χ1v) is 40.4. The van der Waals surface area contributed by atoms with Crippen molar-refractivity contribution >= 4 is 51.8 Å². The second-order valence-corrected chi connectivity index (χ2v) is 32.0. The van der Waals surface area contributed by atoms with Crippen LogP contribution in [0, 0.1) is 44.3 Å². The largest absolute Gasteiger partial charge is 0.477 e. The van der Waals surface area contributed by atoms with Crippen LogP contribution in [0.15, 0.2) is 187 Å². The van der Waals surface area contributed by atoms with Crippen molar-refractivity contribution in [3.63, 3.8) is 0 Å². The van der Waals surface area contributed by atoms with Crippen molar-refractivity contribution in [3.05, 3.63) is 238 Å². The number of carbonyl (C=O) groups excluding carboxylic acids is 3. The van der Waals surface area contributed by atoms with E-state index in [1.165, 1.54) is 43.7 Å². The van der Waals surface area contributed by atoms with E-state index in [2.05, 4.69) is 93.8 Å². The first kappa shape index (κ1) is 85.2. The molecule has 3 amide bonds. The fraction of sp³-hybridized carbons (Fsp3) is 0.385. The zero-order chi connectivity index (χ0) is 83.7. The standard InChI is InChI=1S/C34H43FN4O.C29H31F4N5O.C28H29F4N5O2/c1-23-18-28(19-24(2)25(23)3)34(40)37-32-21-27(11-13-33(32)39-16-14-38(4)15-17-39)30-20-26(10-12-31(30)35)22-36-29-8-6-5-7-9-29;1-18-13-24(29(31,32)33)23(17-34-18)28(39)36-26-15-20(4-8-27(26)38-11-9-37(2)10-12-38)22-14-19(3-7-25(22)30)16-35-21-5-6-21;1-17-13-22(28(30,31)32)21(15-33-17)27(38)34-23-14-19(5-7-24(23)37-11-9-36(2)10-12-37)20-6-8-25(35-26(20)29)39-16-18-3-4-18/h10-13,18-21,29,36H,5-9,14-17,22H2,1-4H3,(H,37,40);3-4,7-8,13-15,17,21,34-35H,1,5-6,9-12,16H2,2H3,(H,36,39);5-8,13-15,18,33H,1,3-4,9-12,16H2,2H3,(H,34,38). The van der Waals surface area contributed by atoms with E-state index >= 15 is 8.78 Å². The van der Waals surface area contributed by atoms with E-state index in [-0.39, 0.29) is 40.2 Å². The van der Waals surface area contributed by atoms with Gasteiger partial charge in [0, 0.05) is 156 Å². The Morgan fingerprint density at radius 1 is 0.475 bits per heavy atom. The quantitative estimate of drug-likeness (QED) is 0.0267. The number of dihydropyridines is 2. The lowest BCUT2D eigenvalue weighted by Gasteiger charge is -2.35. The van der Waals surface area contributed by atoms with Crippen LogP contribution in [-0.4, -0.2) is 168 Å². The lowest BCUT2D eigenvalue weighted by atomic mass is 9.95. The van der Waals surface area contributed by atoms with Gasteiger partial charge in [0.25, 0.3) is 17.7 Å². The average Bonchev–Trinajstić information content (AvgIpc) is 1.20. The number of rotatable bonds is 21. The Balaban J connectivity index is 0.000000153. The number of likely N-dealkylation sites (N-methyl/N-ethyl adjacent to an activating group) is 3. The monoisotopic (exact) mass is 1630 g/mol. The van der Waals surface area contributed by atoms with E-state index < -0.39 is 58.2 Å². The van der Waals surface area contributed by atoms with Gasteiger partial charge in [-0.25, -0.2) is 8.78 Å². The molecule has 0 atom stereocenters. The maximum Gasteiger partial charge on any atom is 0.417 e. The number of hydrogen-bond donors (Lipinski definition) is 7. The molecule has 0 bridgehead atoms. The molecule has 3 saturated heterocycles. The summed E-state index contributed by atoms with van der Waals surface area (Å²) in [5, 5.41) is 20.8. The summed E-state index contributed by atoms with van der Waals surface area (Å²) < 4.78 is 133. The maximum atomic E-state index is 15.2. The summed E-state index contributed by atoms with van der Waals surface area (Å²) in [6, 6.07) is 34.5. The minimum Gasteiger partial charge on any atom is -0.477 e. The zero-order valence-electron chi connectivity index (χ0n) is 67.6. The summed E-state index contributed by atoms with van der Waals surface area (Å²) in [4.78, 5) is 56.9. The highest BCUT2D eigenvalue weighted by atomic mass is 19.4. The van der Waals surface area contributed by atoms with Crippen molar-refractivity contribution in [2.45, 2.75) is 116 Å². The molecule has 6 fully saturated rings. The minimum absolute atomic E-state index is 0.0199. The molecular weight excluding hydrogens is 1520 g/mol. The fourth-order valence-corrected chi connectivity index (χ4v) is 15.2. The first-order chi connectivity index (χ1) is 56.4. The van der Waals surface area contributed by atoms with E-state index in [0.717, 1.165) is 143 Å². The normalized spacial score (nSPS) is 17.8. The number of alkyl halides is 6. The lowest BCUT2D eigenvalue weighted by Crippen LogP contribution is -2.44. The molecule has 5 aliphatic heterocycles. The molecule has 3 aliphatic carbocycles. The summed E-state index contributed by atoms with van der Waals surface area (Å²) in [5.74, 6) is -2.76. The number of piperazine rings is 3. The molecule has 624 valence electrons. The number of amides is 3. The van der Waals surface area contributed by atoms with E-state index in [1.807, 2.05) is 75.3 Å². The topological polar surface area (TPSA) is 177 Å². The molecule has 0 spiro atoms. The van der Waals surface area contributed by atoms with Crippen LogP contribution >= 0.6 is 0 Å². The van der Waals surface area contributed by atoms with Gasteiger partial charge in [-0.05, 0) is 222 Å². The molecule has 8 aliphatic rings. The predicted octanol–water partition coefficient (Wildman–Crippen LogP) is 16.6. The van der Waals surface area contributed by atoms with Gasteiger partial charge in [0.2, 0.25) is 11.8 Å². The van der Waals surface area contributed by atoms with Crippen molar-refractivity contribution in [2.75, 3.05) is 137 Å². The second kappa shape index (κ2) is 37.5. The van der Waals surface area contributed by atoms with Gasteiger partial charge < -0.3 is 71.4 Å². The van der Waals surface area contributed by atoms with Crippen LogP contribution in [0.5, 0.6) is 5.88 Å². The summed E-state index contributed by atoms with van der Waals surface area (Å²) in [6.45, 7) is 24.4. The highest BCUT2D eigenvalue weighted by Crippen LogP contribution is 2.42. The highest BCUT2D eigenvalue weighted by Gasteiger charge is 2.42. The van der Waals surface area contributed by atoms with E-state index in [4.69, 9.17) is 4.74 Å². The van der Waals surface area contributed by atoms with E-state index in [0.29, 0.717) is 108 Å². The average molecular weight is 1630 g/mol. The van der Waals surface area contributed by atoms with Crippen molar-refractivity contribution in [1.29, 1.82) is 0 Å². The van der Waals surface area contributed by atoms with Gasteiger partial charge in [0.1, 0.15) is 11.6 Å². The van der Waals surface area contributed by atoms with Gasteiger partial charge in [-0.3, -0.25) is 14.4 Å². The van der Waals surface area contributed by atoms with Crippen LogP contribution in [0.1, 0.15) is 96.0 Å². The smallest absolute Gasteiger partial charge is 0.417 e. The number of anilines is 6. The number of nitrogens with zero attached hydrogens (tertiary/aromatic N) is 7. The molecule has 6 heterocycles. The van der Waals surface area contributed by atoms with Crippen molar-refractivity contribution < 1.29 is 58.6 Å². The number of aromatic nitrogens is 1. The number of carbonyl (C=O) groups is 3. The Morgan fingerprint density at radius 2 is 0.873 bits per heavy atom. The second-order valence-electron chi connectivity index (χ2n) is 32.0. The number of hydrogen-bond acceptors (Lipinski definition) is 15. The van der Waals surface area contributed by atoms with Crippen LogP contribution in [0.4, 0.5) is 73.6 Å². The van der Waals surface area contributed by atoms with Gasteiger partial charge in [-0.15, -0.1) is 0 Å². The Kier molecular flexibility index (Phi) is 27.1. The molecule has 27 heteroatoms. The molecule has 7 N–H and O–H groups in total. The Bertz CT molecular complexity index is 5000. The summed E-state index contributed by atoms with van der Waals surface area (Å²) in [6.07, 6.45) is 4.87. The van der Waals surface area contributed by atoms with Gasteiger partial charge in [-0.2, -0.15) is 35.7 Å². The number of aryl methyl sites for hydroxylation is 2. The third kappa shape index (κ3) is 22.0. The van der Waals surface area contributed by atoms with Crippen LogP contribution in [-0.2, 0) is 22.7 Å². The third-order valence-corrected chi connectivity index (χ3v) is 22.9. The Morgan fingerprint density at radius 3 is 1.26 bits per heavy atom. The van der Waals surface area contributed by atoms with Crippen LogP contribution < -0.4 is 56.7 Å². The number of benzene rings is 6. The maximum absolute atomic E-state index is 15.2. The molecular formula is C91H103F9N14O4. The van der Waals surface area contributed by atoms with Gasteiger partial charge in [-0.1, -0.05) is 62.8 Å². The van der Waals surface area contributed by atoms with Gasteiger partial charge in [0.05, 0.1) is 63.0 Å². The van der Waals surface area contributed by atoms with E-state index in [1.54, 1.807) is 66.7 Å². The highest BCUT2D eigenvalue weighted by molar-refractivity contribution is 6.11. The molecule has 0 unspecified atom stereocenters. The number of pyridine rings is 1. The SMILES string of the molecule is C=C1C=C(C(F)(F)F)C(C(=O)Nc2cc(-c3cc(CNC4CC4)ccc3F)ccc2N2CCN(C)CC2)=CN1.C=C1C=C(C(F)(F)F)C(C(=O)Nc2cc(-c3ccc(OCC4CC4)nc3F)ccc2N2CCN(C)CC2)=CN1.Cc1cc(C(=O)Nc2cc(-c3cc(CNC4CCCCC4)ccc3F)ccc2N2CCN(C)CC2)cc(C)c1C. The zero-order valence-corrected chi connectivity index (χ0v) is 67.6. The van der Waals surface area contributed by atoms with Crippen molar-refractivity contribution in [2.24, 2.45) is 5.92 Å². The molecule has 1 aromatic heterocycles. The fourth-order valence-electron chi connectivity index (χ4n) is 15.2. The summed E-state index contributed by atoms with van der Waals surface area (Å²) in [7, 11) is 6.14. The van der Waals surface area contributed by atoms with Crippen LogP contribution in [0.3, 0.4) is 0 Å². The van der Waals surface area contributed by atoms with Crippen LogP contribution in [0.2, 0.25) is 0 Å². The number of halogens is 9.